The number of imidazole rings is 1. The molecule has 0 bridgehead atoms. The first kappa shape index (κ1) is 20.3. The summed E-state index contributed by atoms with van der Waals surface area (Å²) in [5.74, 6) is 1.09. The summed E-state index contributed by atoms with van der Waals surface area (Å²) < 4.78 is 9.12. The Morgan fingerprint density at radius 1 is 0.903 bits per heavy atom. The second-order valence-electron chi connectivity index (χ2n) is 7.27. The third kappa shape index (κ3) is 4.45. The molecule has 4 rings (SSSR count). The number of carbonyl (C=O) groups excluding carboxylic acids is 1. The van der Waals surface area contributed by atoms with Crippen LogP contribution in [0.1, 0.15) is 5.56 Å². The van der Waals surface area contributed by atoms with E-state index in [9.17, 15) is 9.59 Å². The molecule has 158 valence electrons. The topological polar surface area (TPSA) is 77.3 Å². The Labute approximate surface area is 179 Å². The molecule has 2 amide bonds. The molecule has 4 aromatic rings. The Bertz CT molecular complexity index is 1260. The van der Waals surface area contributed by atoms with E-state index in [2.05, 4.69) is 10.6 Å². The molecule has 2 N–H and O–H groups in total. The summed E-state index contributed by atoms with van der Waals surface area (Å²) in [4.78, 5) is 24.9. The molecular formula is C24H24N4O3. The van der Waals surface area contributed by atoms with Gasteiger partial charge >= 0.3 is 11.7 Å². The van der Waals surface area contributed by atoms with Crippen molar-refractivity contribution in [1.29, 1.82) is 0 Å². The molecule has 7 heteroatoms. The number of ether oxygens (including phenoxy) is 1. The number of carbonyl (C=O) groups is 1. The minimum absolute atomic E-state index is 0.148. The van der Waals surface area contributed by atoms with Gasteiger partial charge in [0.25, 0.3) is 0 Å². The van der Waals surface area contributed by atoms with Crippen molar-refractivity contribution in [1.82, 2.24) is 14.5 Å². The van der Waals surface area contributed by atoms with E-state index in [0.717, 1.165) is 12.0 Å². The van der Waals surface area contributed by atoms with Crippen LogP contribution in [-0.2, 0) is 20.5 Å². The summed E-state index contributed by atoms with van der Waals surface area (Å²) in [5, 5.41) is 5.74. The van der Waals surface area contributed by atoms with Crippen LogP contribution >= 0.6 is 0 Å². The van der Waals surface area contributed by atoms with E-state index in [1.54, 1.807) is 35.4 Å². The van der Waals surface area contributed by atoms with Gasteiger partial charge in [0, 0.05) is 26.7 Å². The number of hydrogen-bond acceptors (Lipinski definition) is 3. The third-order valence-electron chi connectivity index (χ3n) is 5.13. The summed E-state index contributed by atoms with van der Waals surface area (Å²) in [6.07, 6.45) is 0.730. The highest BCUT2D eigenvalue weighted by Gasteiger charge is 2.16. The second-order valence-corrected chi connectivity index (χ2v) is 7.27. The van der Waals surface area contributed by atoms with Gasteiger partial charge in [-0.05, 0) is 30.2 Å². The van der Waals surface area contributed by atoms with Crippen molar-refractivity contribution in [3.63, 3.8) is 0 Å². The van der Waals surface area contributed by atoms with Gasteiger partial charge in [0.15, 0.2) is 5.75 Å². The van der Waals surface area contributed by atoms with Crippen LogP contribution in [0.25, 0.3) is 11.0 Å². The molecule has 0 fully saturated rings. The molecule has 0 aliphatic carbocycles. The van der Waals surface area contributed by atoms with Crippen molar-refractivity contribution < 1.29 is 9.53 Å². The van der Waals surface area contributed by atoms with Gasteiger partial charge < -0.3 is 15.4 Å². The number of hydrogen-bond donors (Lipinski definition) is 2. The van der Waals surface area contributed by atoms with Crippen molar-refractivity contribution in [3.8, 4) is 11.5 Å². The highest BCUT2D eigenvalue weighted by Crippen LogP contribution is 2.33. The van der Waals surface area contributed by atoms with Crippen molar-refractivity contribution in [3.05, 3.63) is 88.8 Å². The van der Waals surface area contributed by atoms with Crippen molar-refractivity contribution in [2.24, 2.45) is 14.1 Å². The Morgan fingerprint density at radius 2 is 1.52 bits per heavy atom. The lowest BCUT2D eigenvalue weighted by Gasteiger charge is -2.14. The highest BCUT2D eigenvalue weighted by atomic mass is 16.5. The molecule has 31 heavy (non-hydrogen) atoms. The minimum Gasteiger partial charge on any atom is -0.455 e. The number of nitrogens with one attached hydrogen (secondary N) is 2. The molecule has 0 unspecified atom stereocenters. The SMILES string of the molecule is Cn1c(=O)n(C)c2cc(Oc3ccccc3)c(NC(=O)NCCc3ccccc3)cc21. The zero-order valence-corrected chi connectivity index (χ0v) is 17.5. The predicted octanol–water partition coefficient (Wildman–Crippen LogP) is 4.03. The van der Waals surface area contributed by atoms with Gasteiger partial charge in [-0.25, -0.2) is 9.59 Å². The Morgan fingerprint density at radius 3 is 2.19 bits per heavy atom. The van der Waals surface area contributed by atoms with Crippen LogP contribution in [0.15, 0.2) is 77.6 Å². The third-order valence-corrected chi connectivity index (χ3v) is 5.13. The van der Waals surface area contributed by atoms with Crippen LogP contribution in [0.3, 0.4) is 0 Å². The van der Waals surface area contributed by atoms with E-state index >= 15 is 0 Å². The van der Waals surface area contributed by atoms with Gasteiger partial charge in [-0.1, -0.05) is 48.5 Å². The lowest BCUT2D eigenvalue weighted by molar-refractivity contribution is 0.252. The first-order chi connectivity index (χ1) is 15.0. The molecule has 0 saturated carbocycles. The maximum atomic E-state index is 12.5. The Hall–Kier alpha value is -4.00. The van der Waals surface area contributed by atoms with Crippen LogP contribution in [0.4, 0.5) is 10.5 Å². The number of benzene rings is 3. The van der Waals surface area contributed by atoms with E-state index in [0.29, 0.717) is 34.8 Å². The van der Waals surface area contributed by atoms with E-state index in [-0.39, 0.29) is 11.7 Å². The number of urea groups is 1. The second kappa shape index (κ2) is 8.79. The van der Waals surface area contributed by atoms with E-state index in [1.165, 1.54) is 0 Å². The summed E-state index contributed by atoms with van der Waals surface area (Å²) in [7, 11) is 3.41. The quantitative estimate of drug-likeness (QED) is 0.498. The fraction of sp³-hybridized carbons (Fsp3) is 0.167. The zero-order valence-electron chi connectivity index (χ0n) is 17.5. The number of aromatic nitrogens is 2. The summed E-state index contributed by atoms with van der Waals surface area (Å²) in [5.41, 5.74) is 2.90. The number of rotatable bonds is 6. The normalized spacial score (nSPS) is 10.8. The Kier molecular flexibility index (Phi) is 5.75. The van der Waals surface area contributed by atoms with Gasteiger partial charge in [-0.3, -0.25) is 9.13 Å². The molecule has 0 aliphatic rings. The van der Waals surface area contributed by atoms with E-state index < -0.39 is 0 Å². The van der Waals surface area contributed by atoms with Crippen LogP contribution < -0.4 is 21.1 Å². The number of aryl methyl sites for hydroxylation is 2. The molecule has 0 spiro atoms. The number of anilines is 1. The number of para-hydroxylation sites is 1. The molecular weight excluding hydrogens is 392 g/mol. The molecule has 0 radical (unpaired) electrons. The smallest absolute Gasteiger partial charge is 0.328 e. The Balaban J connectivity index is 1.58. The fourth-order valence-corrected chi connectivity index (χ4v) is 3.46. The van der Waals surface area contributed by atoms with E-state index in [1.807, 2.05) is 60.7 Å². The van der Waals surface area contributed by atoms with E-state index in [4.69, 9.17) is 4.74 Å². The fourth-order valence-electron chi connectivity index (χ4n) is 3.46. The lowest BCUT2D eigenvalue weighted by Crippen LogP contribution is -2.30. The first-order valence-corrected chi connectivity index (χ1v) is 10.0. The number of fused-ring (bicyclic) bond motifs is 1. The number of amides is 2. The molecule has 0 aliphatic heterocycles. The van der Waals surface area contributed by atoms with Gasteiger partial charge in [-0.2, -0.15) is 0 Å². The standard InChI is InChI=1S/C24H24N4O3/c1-27-20-15-19(26-23(29)25-14-13-17-9-5-3-6-10-17)22(16-21(20)28(2)24(27)30)31-18-11-7-4-8-12-18/h3-12,15-16H,13-14H2,1-2H3,(H2,25,26,29). The average Bonchev–Trinajstić information content (AvgIpc) is 2.99. The number of nitrogens with zero attached hydrogens (tertiary/aromatic N) is 2. The largest absolute Gasteiger partial charge is 0.455 e. The monoisotopic (exact) mass is 416 g/mol. The average molecular weight is 416 g/mol. The molecule has 0 saturated heterocycles. The van der Waals surface area contributed by atoms with Gasteiger partial charge in [-0.15, -0.1) is 0 Å². The minimum atomic E-state index is -0.339. The highest BCUT2D eigenvalue weighted by molar-refractivity contribution is 5.94. The zero-order chi connectivity index (χ0) is 21.8. The first-order valence-electron chi connectivity index (χ1n) is 10.0. The lowest BCUT2D eigenvalue weighted by atomic mass is 10.1. The van der Waals surface area contributed by atoms with Crippen molar-refractivity contribution in [2.45, 2.75) is 6.42 Å². The van der Waals surface area contributed by atoms with Crippen LogP contribution in [0.5, 0.6) is 11.5 Å². The van der Waals surface area contributed by atoms with Crippen molar-refractivity contribution in [2.75, 3.05) is 11.9 Å². The maximum Gasteiger partial charge on any atom is 0.328 e. The van der Waals surface area contributed by atoms with Crippen LogP contribution in [0.2, 0.25) is 0 Å². The van der Waals surface area contributed by atoms with Crippen LogP contribution in [-0.4, -0.2) is 21.7 Å². The summed E-state index contributed by atoms with van der Waals surface area (Å²) in [6, 6.07) is 22.4. The molecule has 1 heterocycles. The van der Waals surface area contributed by atoms with Gasteiger partial charge in [0.05, 0.1) is 16.7 Å². The molecule has 1 aromatic heterocycles. The molecule has 7 nitrogen and oxygen atoms in total. The van der Waals surface area contributed by atoms with Crippen LogP contribution in [0, 0.1) is 0 Å². The molecule has 3 aromatic carbocycles. The van der Waals surface area contributed by atoms with Gasteiger partial charge in [0.1, 0.15) is 5.75 Å². The maximum absolute atomic E-state index is 12.5. The molecule has 0 atom stereocenters. The summed E-state index contributed by atoms with van der Waals surface area (Å²) >= 11 is 0. The summed E-state index contributed by atoms with van der Waals surface area (Å²) in [6.45, 7) is 0.497. The van der Waals surface area contributed by atoms with Crippen molar-refractivity contribution >= 4 is 22.8 Å². The van der Waals surface area contributed by atoms with Gasteiger partial charge in [0.2, 0.25) is 0 Å². The predicted molar refractivity (Wildman–Crippen MR) is 122 cm³/mol.